The summed E-state index contributed by atoms with van der Waals surface area (Å²) in [6.45, 7) is 3.62. The quantitative estimate of drug-likeness (QED) is 0.529. The lowest BCUT2D eigenvalue weighted by molar-refractivity contribution is -0.468. The molecule has 1 amide bonds. The van der Waals surface area contributed by atoms with Crippen LogP contribution in [0.1, 0.15) is 21.7 Å². The number of aromatic nitrogens is 2. The minimum absolute atomic E-state index is 0.0929. The van der Waals surface area contributed by atoms with Crippen molar-refractivity contribution in [3.05, 3.63) is 75.3 Å². The fourth-order valence-electron chi connectivity index (χ4n) is 4.27. The molecule has 1 aliphatic rings. The summed E-state index contributed by atoms with van der Waals surface area (Å²) in [5.74, 6) is -1.37. The molecule has 34 heavy (non-hydrogen) atoms. The van der Waals surface area contributed by atoms with Gasteiger partial charge >= 0.3 is 11.6 Å². The first-order chi connectivity index (χ1) is 16.3. The number of carbonyl (C=O) groups excluding carboxylic acids is 1. The molecule has 1 aliphatic heterocycles. The maximum absolute atomic E-state index is 14.9. The molecule has 1 aromatic heterocycles. The number of rotatable bonds is 6. The monoisotopic (exact) mass is 469 g/mol. The van der Waals surface area contributed by atoms with Crippen molar-refractivity contribution in [1.29, 1.82) is 0 Å². The van der Waals surface area contributed by atoms with Crippen molar-refractivity contribution in [1.82, 2.24) is 14.9 Å². The van der Waals surface area contributed by atoms with Gasteiger partial charge in [-0.15, -0.1) is 0 Å². The Balaban J connectivity index is 1.70. The lowest BCUT2D eigenvalue weighted by atomic mass is 10.1. The number of hydrogen-bond acceptors (Lipinski definition) is 6. The summed E-state index contributed by atoms with van der Waals surface area (Å²) in [6.07, 6.45) is 0.352. The summed E-state index contributed by atoms with van der Waals surface area (Å²) in [7, 11) is 1.98. The molecule has 2 aromatic carbocycles. The first-order valence-electron chi connectivity index (χ1n) is 11.2. The molecule has 1 unspecified atom stereocenters. The van der Waals surface area contributed by atoms with Crippen molar-refractivity contribution >= 4 is 22.6 Å². The minimum Gasteiger partial charge on any atom is -0.805 e. The van der Waals surface area contributed by atoms with E-state index in [1.165, 1.54) is 13.0 Å². The van der Waals surface area contributed by atoms with Crippen LogP contribution in [0.3, 0.4) is 0 Å². The smallest absolute Gasteiger partial charge is 0.346 e. The molecule has 0 saturated carbocycles. The van der Waals surface area contributed by atoms with Gasteiger partial charge < -0.3 is 30.2 Å². The molecule has 4 rings (SSSR count). The number of nitrogens with one attached hydrogen (secondary N) is 1. The van der Waals surface area contributed by atoms with Crippen molar-refractivity contribution in [2.24, 2.45) is 0 Å². The summed E-state index contributed by atoms with van der Waals surface area (Å²) >= 11 is 0. The van der Waals surface area contributed by atoms with Crippen LogP contribution < -0.4 is 14.6 Å². The van der Waals surface area contributed by atoms with Gasteiger partial charge in [0.05, 0.1) is 28.5 Å². The zero-order chi connectivity index (χ0) is 24.4. The number of fused-ring (bicyclic) bond motifs is 1. The molecule has 180 valence electrons. The van der Waals surface area contributed by atoms with Crippen molar-refractivity contribution in [2.45, 2.75) is 19.4 Å². The van der Waals surface area contributed by atoms with E-state index in [2.05, 4.69) is 10.2 Å². The molecule has 2 heterocycles. The molecule has 0 radical (unpaired) electrons. The van der Waals surface area contributed by atoms with Gasteiger partial charge in [-0.05, 0) is 26.0 Å². The number of hydrogen-bond donors (Lipinski definition) is 2. The third-order valence-corrected chi connectivity index (χ3v) is 6.27. The van der Waals surface area contributed by atoms with E-state index in [4.69, 9.17) is 0 Å². The number of carbonyl (C=O) groups is 1. The van der Waals surface area contributed by atoms with Gasteiger partial charge in [0.15, 0.2) is 0 Å². The van der Waals surface area contributed by atoms with Crippen LogP contribution in [0, 0.1) is 22.9 Å². The second-order valence-electron chi connectivity index (χ2n) is 8.65. The van der Waals surface area contributed by atoms with Gasteiger partial charge in [0.1, 0.15) is 11.3 Å². The topological polar surface area (TPSA) is 107 Å². The molecule has 3 aromatic rings. The van der Waals surface area contributed by atoms with Gasteiger partial charge in [0, 0.05) is 43.2 Å². The van der Waals surface area contributed by atoms with Crippen LogP contribution in [-0.4, -0.2) is 66.5 Å². The van der Waals surface area contributed by atoms with E-state index in [9.17, 15) is 24.4 Å². The number of nitrogens with zero attached hydrogens (tertiary/aromatic N) is 4. The fourth-order valence-corrected chi connectivity index (χ4v) is 4.27. The Bertz CT molecular complexity index is 1260. The van der Waals surface area contributed by atoms with Crippen LogP contribution in [0.25, 0.3) is 11.0 Å². The van der Waals surface area contributed by atoms with Crippen molar-refractivity contribution in [3.63, 3.8) is 0 Å². The Kier molecular flexibility index (Phi) is 6.80. The number of aliphatic hydroxyl groups is 1. The van der Waals surface area contributed by atoms with Crippen LogP contribution in [0.5, 0.6) is 0 Å². The predicted octanol–water partition coefficient (Wildman–Crippen LogP) is 1.43. The summed E-state index contributed by atoms with van der Waals surface area (Å²) in [6, 6.07) is 11.0. The third kappa shape index (κ3) is 4.59. The SMILES string of the molecule is Cc1c(C(=O)NC(CO)Cc2ccccc2)[n+](=O)c2cc(N3CCN(C)CC3)c(F)cc2n1[O-]. The maximum atomic E-state index is 14.9. The summed E-state index contributed by atoms with van der Waals surface area (Å²) in [5.41, 5.74) is 0.344. The maximum Gasteiger partial charge on any atom is 0.346 e. The largest absolute Gasteiger partial charge is 0.805 e. The Morgan fingerprint density at radius 2 is 1.88 bits per heavy atom. The van der Waals surface area contributed by atoms with Crippen molar-refractivity contribution < 1.29 is 18.7 Å². The fraction of sp³-hybridized carbons (Fsp3) is 0.375. The van der Waals surface area contributed by atoms with E-state index in [0.717, 1.165) is 24.7 Å². The van der Waals surface area contributed by atoms with Gasteiger partial charge in [-0.2, -0.15) is 0 Å². The normalized spacial score (nSPS) is 15.5. The third-order valence-electron chi connectivity index (χ3n) is 6.27. The second-order valence-corrected chi connectivity index (χ2v) is 8.65. The minimum atomic E-state index is -0.778. The van der Waals surface area contributed by atoms with Gasteiger partial charge in [-0.3, -0.25) is 4.79 Å². The van der Waals surface area contributed by atoms with E-state index >= 15 is 0 Å². The van der Waals surface area contributed by atoms with Crippen LogP contribution in [0.15, 0.2) is 42.5 Å². The molecule has 2 N–H and O–H groups in total. The molecule has 1 fully saturated rings. The average molecular weight is 470 g/mol. The Morgan fingerprint density at radius 3 is 2.53 bits per heavy atom. The number of likely N-dealkylation sites (N-methyl/N-ethyl adjacent to an activating group) is 1. The molecular formula is C24H28FN5O4. The van der Waals surface area contributed by atoms with Crippen LogP contribution in [0.2, 0.25) is 0 Å². The van der Waals surface area contributed by atoms with Gasteiger partial charge in [0.25, 0.3) is 5.52 Å². The first-order valence-corrected chi connectivity index (χ1v) is 11.2. The number of anilines is 1. The van der Waals surface area contributed by atoms with Crippen molar-refractivity contribution in [2.75, 3.05) is 44.7 Å². The number of piperazine rings is 1. The number of aliphatic hydroxyl groups excluding tert-OH is 1. The molecule has 0 spiro atoms. The van der Waals surface area contributed by atoms with E-state index in [1.807, 2.05) is 42.3 Å². The Hall–Kier alpha value is -3.50. The summed E-state index contributed by atoms with van der Waals surface area (Å²) < 4.78 is 15.7. The molecule has 1 atom stereocenters. The first kappa shape index (κ1) is 23.7. The van der Waals surface area contributed by atoms with Gasteiger partial charge in [-0.25, -0.2) is 4.39 Å². The van der Waals surface area contributed by atoms with Gasteiger partial charge in [-0.1, -0.05) is 30.3 Å². The molecule has 1 saturated heterocycles. The highest BCUT2D eigenvalue weighted by molar-refractivity contribution is 5.93. The number of halogens is 1. The molecule has 0 bridgehead atoms. The Morgan fingerprint density at radius 1 is 1.21 bits per heavy atom. The zero-order valence-electron chi connectivity index (χ0n) is 19.2. The van der Waals surface area contributed by atoms with Gasteiger partial charge in [0.2, 0.25) is 0 Å². The zero-order valence-corrected chi connectivity index (χ0v) is 19.2. The van der Waals surface area contributed by atoms with Crippen LogP contribution >= 0.6 is 0 Å². The van der Waals surface area contributed by atoms with E-state index in [0.29, 0.717) is 28.7 Å². The number of amides is 1. The molecule has 10 heteroatoms. The van der Waals surface area contributed by atoms with Crippen LogP contribution in [-0.2, 0) is 6.42 Å². The lowest BCUT2D eigenvalue weighted by Gasteiger charge is -2.34. The predicted molar refractivity (Wildman–Crippen MR) is 127 cm³/mol. The standard InChI is InChI=1S/C24H28FN5O4/c1-16-23(24(32)26-18(15-31)12-17-6-4-3-5-7-17)30(34)22-14-20(19(25)13-21(22)29(16)33)28-10-8-27(2)9-11-28/h3-7,13-14,18,31H,8-12,15H2,1-2H3,(H,26,32). The molecule has 9 nitrogen and oxygen atoms in total. The number of benzene rings is 2. The second kappa shape index (κ2) is 9.78. The average Bonchev–Trinajstić information content (AvgIpc) is 2.83. The summed E-state index contributed by atoms with van der Waals surface area (Å²) in [4.78, 5) is 30.3. The van der Waals surface area contributed by atoms with E-state index < -0.39 is 17.8 Å². The molecule has 0 aliphatic carbocycles. The molecular weight excluding hydrogens is 441 g/mol. The van der Waals surface area contributed by atoms with Crippen LogP contribution in [0.4, 0.5) is 10.1 Å². The summed E-state index contributed by atoms with van der Waals surface area (Å²) in [5, 5.41) is 25.3. The Labute approximate surface area is 196 Å². The highest BCUT2D eigenvalue weighted by Gasteiger charge is 2.30. The van der Waals surface area contributed by atoms with Crippen molar-refractivity contribution in [3.8, 4) is 0 Å². The lowest BCUT2D eigenvalue weighted by Crippen LogP contribution is -2.45. The van der Waals surface area contributed by atoms with E-state index in [-0.39, 0.29) is 34.7 Å². The highest BCUT2D eigenvalue weighted by Crippen LogP contribution is 2.26. The highest BCUT2D eigenvalue weighted by atomic mass is 19.1. The van der Waals surface area contributed by atoms with E-state index in [1.54, 1.807) is 0 Å².